The summed E-state index contributed by atoms with van der Waals surface area (Å²) in [7, 11) is 0. The number of benzene rings is 1. The summed E-state index contributed by atoms with van der Waals surface area (Å²) in [6.45, 7) is 2.58. The van der Waals surface area contributed by atoms with Crippen LogP contribution in [0.3, 0.4) is 0 Å². The maximum atomic E-state index is 13.5. The van der Waals surface area contributed by atoms with Gasteiger partial charge in [-0.25, -0.2) is 4.39 Å². The second-order valence-corrected chi connectivity index (χ2v) is 7.28. The molecule has 1 aromatic rings. The average Bonchev–Trinajstić information content (AvgIpc) is 2.69. The molecule has 0 bridgehead atoms. The van der Waals surface area contributed by atoms with Gasteiger partial charge in [-0.15, -0.1) is 0 Å². The van der Waals surface area contributed by atoms with Crippen LogP contribution in [0.1, 0.15) is 41.9 Å². The molecule has 5 heteroatoms. The van der Waals surface area contributed by atoms with Crippen molar-refractivity contribution in [3.8, 4) is 0 Å². The van der Waals surface area contributed by atoms with E-state index in [1.807, 2.05) is 34.7 Å². The summed E-state index contributed by atoms with van der Waals surface area (Å²) in [6, 6.07) is 2.58. The molecule has 2 aliphatic rings. The monoisotopic (exact) mass is 413 g/mol. The molecule has 0 saturated carbocycles. The third-order valence-electron chi connectivity index (χ3n) is 4.39. The maximum Gasteiger partial charge on any atom is 0.257 e. The Morgan fingerprint density at radius 3 is 2.91 bits per heavy atom. The summed E-state index contributed by atoms with van der Waals surface area (Å²) in [6.07, 6.45) is 8.88. The first-order valence-corrected chi connectivity index (χ1v) is 8.31. The Bertz CT molecular complexity index is 685. The number of hydrogen-bond donors (Lipinski definition) is 1. The molecule has 0 spiro atoms. The van der Waals surface area contributed by atoms with Crippen LogP contribution < -0.4 is 0 Å². The van der Waals surface area contributed by atoms with Gasteiger partial charge in [0, 0.05) is 15.7 Å². The van der Waals surface area contributed by atoms with Crippen molar-refractivity contribution in [3.63, 3.8) is 0 Å². The number of allylic oxidation sites excluding steroid dienone is 4. The maximum absolute atomic E-state index is 13.5. The van der Waals surface area contributed by atoms with E-state index < -0.39 is 12.0 Å². The van der Waals surface area contributed by atoms with Gasteiger partial charge in [-0.2, -0.15) is 0 Å². The van der Waals surface area contributed by atoms with Crippen LogP contribution in [0.4, 0.5) is 4.39 Å². The Labute approximate surface area is 142 Å². The lowest BCUT2D eigenvalue weighted by Crippen LogP contribution is -2.32. The minimum Gasteiger partial charge on any atom is -0.369 e. The lowest BCUT2D eigenvalue weighted by Gasteiger charge is -2.30. The normalized spacial score (nSPS) is 26.6. The highest BCUT2D eigenvalue weighted by molar-refractivity contribution is 14.1. The number of nitrogens with zero attached hydrogens (tertiary/aromatic N) is 1. The molecule has 3 rings (SSSR count). The average molecular weight is 413 g/mol. The molecule has 3 nitrogen and oxygen atoms in total. The summed E-state index contributed by atoms with van der Waals surface area (Å²) in [5.41, 5.74) is 0.791. The fourth-order valence-corrected chi connectivity index (χ4v) is 3.84. The molecule has 22 heavy (non-hydrogen) atoms. The van der Waals surface area contributed by atoms with Crippen LogP contribution in [-0.2, 0) is 0 Å². The Balaban J connectivity index is 1.79. The molecule has 0 aromatic heterocycles. The summed E-state index contributed by atoms with van der Waals surface area (Å²) >= 11 is 1.94. The number of halogens is 2. The zero-order valence-electron chi connectivity index (χ0n) is 12.2. The van der Waals surface area contributed by atoms with Gasteiger partial charge in [0.25, 0.3) is 5.91 Å². The summed E-state index contributed by atoms with van der Waals surface area (Å²) in [5.74, 6) is -0.644. The molecule has 0 fully saturated rings. The van der Waals surface area contributed by atoms with Crippen molar-refractivity contribution in [2.75, 3.05) is 6.54 Å². The van der Waals surface area contributed by atoms with Gasteiger partial charge in [-0.3, -0.25) is 4.79 Å². The van der Waals surface area contributed by atoms with Crippen LogP contribution in [0.5, 0.6) is 0 Å². The minimum absolute atomic E-state index is 0.0120. The van der Waals surface area contributed by atoms with E-state index in [1.54, 1.807) is 0 Å². The molecule has 2 unspecified atom stereocenters. The van der Waals surface area contributed by atoms with Crippen molar-refractivity contribution >= 4 is 28.5 Å². The van der Waals surface area contributed by atoms with Gasteiger partial charge < -0.3 is 10.0 Å². The fourth-order valence-electron chi connectivity index (χ4n) is 3.00. The lowest BCUT2D eigenvalue weighted by molar-refractivity contribution is 0.0138. The van der Waals surface area contributed by atoms with E-state index in [4.69, 9.17) is 0 Å². The highest BCUT2D eigenvalue weighted by atomic mass is 127. The van der Waals surface area contributed by atoms with Crippen LogP contribution in [0, 0.1) is 14.8 Å². The molecular weight excluding hydrogens is 396 g/mol. The molecule has 1 aromatic carbocycles. The zero-order valence-corrected chi connectivity index (χ0v) is 14.4. The van der Waals surface area contributed by atoms with Crippen LogP contribution in [-0.4, -0.2) is 22.5 Å². The first-order chi connectivity index (χ1) is 10.4. The molecule has 0 radical (unpaired) electrons. The predicted octanol–water partition coefficient (Wildman–Crippen LogP) is 3.79. The van der Waals surface area contributed by atoms with Crippen LogP contribution in [0.15, 0.2) is 36.4 Å². The molecule has 0 saturated heterocycles. The Morgan fingerprint density at radius 1 is 1.45 bits per heavy atom. The number of rotatable bonds is 3. The van der Waals surface area contributed by atoms with Gasteiger partial charge >= 0.3 is 0 Å². The number of aliphatic hydroxyl groups is 1. The van der Waals surface area contributed by atoms with Crippen molar-refractivity contribution in [2.45, 2.75) is 26.0 Å². The standard InChI is InChI=1S/C17H17FINO2/c1-17(5-3-2-4-6-17)7-8-20-15(21)12-9-11(18)10-13(19)14(12)16(20)22/h2-5,9-10,15,21H,6-8H2,1H3. The smallest absolute Gasteiger partial charge is 0.257 e. The van der Waals surface area contributed by atoms with Crippen molar-refractivity contribution in [1.29, 1.82) is 0 Å². The number of carbonyl (C=O) groups excluding carboxylic acids is 1. The predicted molar refractivity (Wildman–Crippen MR) is 90.7 cm³/mol. The minimum atomic E-state index is -1.06. The third-order valence-corrected chi connectivity index (χ3v) is 5.24. The van der Waals surface area contributed by atoms with Crippen LogP contribution >= 0.6 is 22.6 Å². The summed E-state index contributed by atoms with van der Waals surface area (Å²) in [5, 5.41) is 10.4. The summed E-state index contributed by atoms with van der Waals surface area (Å²) in [4.78, 5) is 14.0. The van der Waals surface area contributed by atoms with E-state index >= 15 is 0 Å². The highest BCUT2D eigenvalue weighted by Gasteiger charge is 2.38. The molecular formula is C17H17FINO2. The third kappa shape index (κ3) is 2.72. The SMILES string of the molecule is CC1(CCN2C(=O)c3c(I)cc(F)cc3C2O)C=CC=CC1. The van der Waals surface area contributed by atoms with Crippen LogP contribution in [0.2, 0.25) is 0 Å². The van der Waals surface area contributed by atoms with E-state index in [9.17, 15) is 14.3 Å². The molecule has 116 valence electrons. The number of hydrogen-bond acceptors (Lipinski definition) is 2. The quantitative estimate of drug-likeness (QED) is 0.767. The zero-order chi connectivity index (χ0) is 15.9. The van der Waals surface area contributed by atoms with Gasteiger partial charge in [-0.1, -0.05) is 31.2 Å². The van der Waals surface area contributed by atoms with Gasteiger partial charge in [-0.05, 0) is 53.0 Å². The van der Waals surface area contributed by atoms with Gasteiger partial charge in [0.05, 0.1) is 5.56 Å². The Morgan fingerprint density at radius 2 is 2.23 bits per heavy atom. The highest BCUT2D eigenvalue weighted by Crippen LogP contribution is 2.37. The molecule has 1 heterocycles. The molecule has 2 atom stereocenters. The van der Waals surface area contributed by atoms with E-state index in [-0.39, 0.29) is 11.3 Å². The van der Waals surface area contributed by atoms with Gasteiger partial charge in [0.15, 0.2) is 6.23 Å². The Hall–Kier alpha value is -1.21. The van der Waals surface area contributed by atoms with Crippen molar-refractivity contribution < 1.29 is 14.3 Å². The van der Waals surface area contributed by atoms with E-state index in [0.29, 0.717) is 21.2 Å². The van der Waals surface area contributed by atoms with Crippen molar-refractivity contribution in [2.24, 2.45) is 5.41 Å². The first kappa shape index (κ1) is 15.7. The second kappa shape index (κ2) is 5.77. The number of aliphatic hydroxyl groups excluding tert-OH is 1. The second-order valence-electron chi connectivity index (χ2n) is 6.12. The molecule has 1 aliphatic heterocycles. The lowest BCUT2D eigenvalue weighted by atomic mass is 9.80. The van der Waals surface area contributed by atoms with Crippen molar-refractivity contribution in [3.05, 3.63) is 57.0 Å². The topological polar surface area (TPSA) is 40.5 Å². The molecule has 1 amide bonds. The summed E-state index contributed by atoms with van der Waals surface area (Å²) < 4.78 is 14.1. The van der Waals surface area contributed by atoms with E-state index in [0.717, 1.165) is 12.8 Å². The van der Waals surface area contributed by atoms with Crippen LogP contribution in [0.25, 0.3) is 0 Å². The first-order valence-electron chi connectivity index (χ1n) is 7.24. The van der Waals surface area contributed by atoms with Gasteiger partial charge in [0.2, 0.25) is 0 Å². The number of carbonyl (C=O) groups is 1. The fraction of sp³-hybridized carbons (Fsp3) is 0.353. The van der Waals surface area contributed by atoms with Crippen molar-refractivity contribution in [1.82, 2.24) is 4.90 Å². The molecule has 1 aliphatic carbocycles. The number of amides is 1. The molecule has 1 N–H and O–H groups in total. The van der Waals surface area contributed by atoms with E-state index in [2.05, 4.69) is 19.1 Å². The number of fused-ring (bicyclic) bond motifs is 1. The largest absolute Gasteiger partial charge is 0.369 e. The van der Waals surface area contributed by atoms with Gasteiger partial charge in [0.1, 0.15) is 5.82 Å². The van der Waals surface area contributed by atoms with E-state index in [1.165, 1.54) is 17.0 Å². The Kier molecular flexibility index (Phi) is 4.11.